The van der Waals surface area contributed by atoms with Gasteiger partial charge in [-0.1, -0.05) is 32.4 Å². The van der Waals surface area contributed by atoms with E-state index in [9.17, 15) is 58.5 Å². The molecule has 15 N–H and O–H groups in total. The van der Waals surface area contributed by atoms with Crippen molar-refractivity contribution in [3.63, 3.8) is 0 Å². The van der Waals surface area contributed by atoms with Gasteiger partial charge >= 0.3 is 5.97 Å². The van der Waals surface area contributed by atoms with Crippen LogP contribution >= 0.6 is 0 Å². The maximum atomic E-state index is 13.8. The number of phenols is 1. The molecule has 0 spiro atoms. The molecule has 1 fully saturated rings. The maximum Gasteiger partial charge on any atom is 0.328 e. The van der Waals surface area contributed by atoms with Crippen LogP contribution < -0.4 is 48.7 Å². The van der Waals surface area contributed by atoms with Crippen LogP contribution in [-0.4, -0.2) is 160 Å². The summed E-state index contributed by atoms with van der Waals surface area (Å²) in [5.74, 6) is -8.45. The minimum absolute atomic E-state index is 0.0530. The number of nitrogens with one attached hydrogen (secondary N) is 7. The molecule has 0 radical (unpaired) electrons. The smallest absolute Gasteiger partial charge is 0.328 e. The van der Waals surface area contributed by atoms with E-state index in [2.05, 4.69) is 37.2 Å². The van der Waals surface area contributed by atoms with Gasteiger partial charge < -0.3 is 74.0 Å². The van der Waals surface area contributed by atoms with Crippen LogP contribution in [0.5, 0.6) is 5.75 Å². The van der Waals surface area contributed by atoms with Gasteiger partial charge in [0.05, 0.1) is 19.8 Å². The number of unbranched alkanes of at least 4 members (excludes halogenated alkanes) is 1. The normalized spacial score (nSPS) is 17.3. The first-order chi connectivity index (χ1) is 29.8. The summed E-state index contributed by atoms with van der Waals surface area (Å²) >= 11 is 0. The van der Waals surface area contributed by atoms with Crippen LogP contribution in [-0.2, 0) is 49.6 Å². The van der Waals surface area contributed by atoms with Gasteiger partial charge in [-0.25, -0.2) is 4.79 Å². The minimum Gasteiger partial charge on any atom is -0.508 e. The van der Waals surface area contributed by atoms with Gasteiger partial charge in [0.25, 0.3) is 0 Å². The fourth-order valence-electron chi connectivity index (χ4n) is 6.51. The summed E-state index contributed by atoms with van der Waals surface area (Å²) in [6, 6.07) is -4.92. The minimum atomic E-state index is -1.67. The highest BCUT2D eigenvalue weighted by Crippen LogP contribution is 2.18. The van der Waals surface area contributed by atoms with Crippen molar-refractivity contribution >= 4 is 53.2 Å². The SMILES string of the molecule is CC[C@H](C)[C@H](NC(=O)[C@H](CO)NC(=O)[C@H](Cc1ccc(O)cc1)NC(=O)[C@H](C)NC(=O)[C@@H]1CCCN1C(=O)CN)C(=O)N[C@@H](CCCCN)C(=O)N[C@@H](C)C(=O)N[C@@H](CO)C(=O)O. The lowest BCUT2D eigenvalue weighted by molar-refractivity contribution is -0.143. The first-order valence-corrected chi connectivity index (χ1v) is 20.9. The molecule has 0 unspecified atom stereocenters. The molecule has 9 atom stereocenters. The van der Waals surface area contributed by atoms with Gasteiger partial charge in [-0.05, 0) is 76.1 Å². The number of phenolic OH excluding ortho intramolecular Hbond substituents is 1. The zero-order valence-corrected chi connectivity index (χ0v) is 36.1. The molecule has 0 bridgehead atoms. The van der Waals surface area contributed by atoms with E-state index >= 15 is 0 Å². The van der Waals surface area contributed by atoms with Crippen molar-refractivity contribution in [3.05, 3.63) is 29.8 Å². The number of aliphatic hydroxyl groups excluding tert-OH is 2. The van der Waals surface area contributed by atoms with Gasteiger partial charge in [-0.15, -0.1) is 0 Å². The van der Waals surface area contributed by atoms with E-state index in [0.29, 0.717) is 44.2 Å². The van der Waals surface area contributed by atoms with Crippen LogP contribution in [0.3, 0.4) is 0 Å². The molecule has 1 aliphatic rings. The summed E-state index contributed by atoms with van der Waals surface area (Å²) in [6.07, 6.45) is 1.96. The lowest BCUT2D eigenvalue weighted by Crippen LogP contribution is -2.61. The highest BCUT2D eigenvalue weighted by atomic mass is 16.4. The largest absolute Gasteiger partial charge is 0.508 e. The fraction of sp³-hybridized carbons (Fsp3) is 0.625. The van der Waals surface area contributed by atoms with Crippen molar-refractivity contribution in [2.24, 2.45) is 17.4 Å². The van der Waals surface area contributed by atoms with Gasteiger partial charge in [0.15, 0.2) is 0 Å². The van der Waals surface area contributed by atoms with E-state index in [0.717, 1.165) is 0 Å². The van der Waals surface area contributed by atoms with E-state index in [-0.39, 0.29) is 31.7 Å². The Morgan fingerprint density at radius 2 is 1.24 bits per heavy atom. The number of carbonyl (C=O) groups excluding carboxylic acids is 8. The summed E-state index contributed by atoms with van der Waals surface area (Å²) in [6.45, 7) is 4.45. The molecule has 1 aromatic carbocycles. The Morgan fingerprint density at radius 3 is 1.79 bits per heavy atom. The monoisotopic (exact) mass is 892 g/mol. The maximum absolute atomic E-state index is 13.8. The average molecular weight is 893 g/mol. The molecule has 0 aliphatic carbocycles. The zero-order valence-electron chi connectivity index (χ0n) is 36.1. The number of nitrogens with two attached hydrogens (primary N) is 2. The molecule has 23 nitrogen and oxygen atoms in total. The zero-order chi connectivity index (χ0) is 47.4. The lowest BCUT2D eigenvalue weighted by Gasteiger charge is -2.29. The first-order valence-electron chi connectivity index (χ1n) is 20.9. The highest BCUT2D eigenvalue weighted by molar-refractivity contribution is 5.98. The number of rotatable bonds is 26. The molecular weight excluding hydrogens is 828 g/mol. The molecule has 0 saturated carbocycles. The number of carboxylic acid groups (broad SMARTS) is 1. The van der Waals surface area contributed by atoms with E-state index < -0.39 is 121 Å². The summed E-state index contributed by atoms with van der Waals surface area (Å²) in [4.78, 5) is 119. The number of aliphatic hydroxyl groups is 2. The number of likely N-dealkylation sites (tertiary alicyclic amines) is 1. The van der Waals surface area contributed by atoms with Crippen molar-refractivity contribution in [3.8, 4) is 5.75 Å². The first kappa shape index (κ1) is 53.2. The molecule has 1 heterocycles. The molecular formula is C40H64N10O13. The van der Waals surface area contributed by atoms with Crippen molar-refractivity contribution in [1.82, 2.24) is 42.1 Å². The summed E-state index contributed by atoms with van der Waals surface area (Å²) < 4.78 is 0. The van der Waals surface area contributed by atoms with Gasteiger partial charge in [0, 0.05) is 13.0 Å². The summed E-state index contributed by atoms with van der Waals surface area (Å²) in [7, 11) is 0. The number of aliphatic carboxylic acids is 1. The standard InChI is InChI=1S/C40H64N10O13/c1-5-21(2)32(39(61)45-26(9-6-7-15-41)35(57)43-22(3)34(56)48-29(20-52)40(62)63)49-37(59)28(19-51)47-36(58)27(17-24-11-13-25(53)14-12-24)46-33(55)23(4)44-38(60)30-10-8-16-50(30)31(54)18-42/h11-14,21-23,26-30,32,51-53H,5-10,15-20,41-42H2,1-4H3,(H,43,57)(H,44,60)(H,45,61)(H,46,55)(H,47,58)(H,48,56)(H,49,59)(H,62,63)/t21-,22-,23-,26-,27-,28-,29-,30-,32-/m0/s1. The Balaban J connectivity index is 2.26. The second kappa shape index (κ2) is 26.5. The molecule has 8 amide bonds. The van der Waals surface area contributed by atoms with Gasteiger partial charge in [0.1, 0.15) is 54.1 Å². The molecule has 1 saturated heterocycles. The number of carbonyl (C=O) groups is 9. The third-order valence-electron chi connectivity index (χ3n) is 10.5. The highest BCUT2D eigenvalue weighted by Gasteiger charge is 2.37. The summed E-state index contributed by atoms with van der Waals surface area (Å²) in [5.41, 5.74) is 11.6. The Labute approximate surface area is 365 Å². The second-order valence-corrected chi connectivity index (χ2v) is 15.4. The Hall–Kier alpha value is -5.91. The van der Waals surface area contributed by atoms with Crippen molar-refractivity contribution in [1.29, 1.82) is 0 Å². The predicted octanol–water partition coefficient (Wildman–Crippen LogP) is -4.44. The topological polar surface area (TPSA) is 374 Å². The number of hydrogen-bond donors (Lipinski definition) is 13. The van der Waals surface area contributed by atoms with Crippen molar-refractivity contribution < 1.29 is 63.6 Å². The second-order valence-electron chi connectivity index (χ2n) is 15.4. The quantitative estimate of drug-likeness (QED) is 0.0391. The van der Waals surface area contributed by atoms with E-state index in [1.54, 1.807) is 13.8 Å². The lowest BCUT2D eigenvalue weighted by atomic mass is 9.97. The average Bonchev–Trinajstić information content (AvgIpc) is 3.76. The molecule has 1 aromatic rings. The molecule has 2 rings (SSSR count). The van der Waals surface area contributed by atoms with Crippen molar-refractivity contribution in [2.75, 3.05) is 32.8 Å². The Bertz CT molecular complexity index is 1750. The van der Waals surface area contributed by atoms with Crippen LogP contribution in [0.2, 0.25) is 0 Å². The third kappa shape index (κ3) is 16.7. The van der Waals surface area contributed by atoms with E-state index in [4.69, 9.17) is 16.6 Å². The number of nitrogens with zero attached hydrogens (tertiary/aromatic N) is 1. The van der Waals surface area contributed by atoms with Crippen LogP contribution in [0.4, 0.5) is 0 Å². The van der Waals surface area contributed by atoms with Gasteiger partial charge in [0.2, 0.25) is 47.3 Å². The van der Waals surface area contributed by atoms with Gasteiger partial charge in [-0.3, -0.25) is 38.4 Å². The van der Waals surface area contributed by atoms with E-state index in [1.165, 1.54) is 43.0 Å². The molecule has 63 heavy (non-hydrogen) atoms. The predicted molar refractivity (Wildman–Crippen MR) is 225 cm³/mol. The van der Waals surface area contributed by atoms with Crippen LogP contribution in [0.25, 0.3) is 0 Å². The van der Waals surface area contributed by atoms with Gasteiger partial charge in [-0.2, -0.15) is 0 Å². The molecule has 352 valence electrons. The van der Waals surface area contributed by atoms with E-state index in [1.807, 2.05) is 0 Å². The molecule has 23 heteroatoms. The number of carboxylic acids is 1. The Kier molecular flexibility index (Phi) is 22.4. The van der Waals surface area contributed by atoms with Crippen LogP contribution in [0.1, 0.15) is 71.8 Å². The van der Waals surface area contributed by atoms with Crippen LogP contribution in [0, 0.1) is 5.92 Å². The molecule has 1 aliphatic heterocycles. The Morgan fingerprint density at radius 1 is 0.698 bits per heavy atom. The fourth-order valence-corrected chi connectivity index (χ4v) is 6.51. The molecule has 0 aromatic heterocycles. The number of aromatic hydroxyl groups is 1. The number of benzene rings is 1. The number of hydrogen-bond acceptors (Lipinski definition) is 14. The van der Waals surface area contributed by atoms with Crippen molar-refractivity contribution in [2.45, 2.75) is 121 Å². The summed E-state index contributed by atoms with van der Waals surface area (Å²) in [5, 5.41) is 55.6. The van der Waals surface area contributed by atoms with Crippen LogP contribution in [0.15, 0.2) is 24.3 Å². The third-order valence-corrected chi connectivity index (χ3v) is 10.5. The number of amides is 8.